The van der Waals surface area contributed by atoms with Gasteiger partial charge in [-0.05, 0) is 73.5 Å². The Bertz CT molecular complexity index is 1030. The minimum absolute atomic E-state index is 0.0321. The maximum Gasteiger partial charge on any atom is 0.218 e. The predicted molar refractivity (Wildman–Crippen MR) is 116 cm³/mol. The first-order chi connectivity index (χ1) is 15.6. The topological polar surface area (TPSA) is 55.8 Å². The van der Waals surface area contributed by atoms with Crippen molar-refractivity contribution in [3.05, 3.63) is 41.6 Å². The number of ether oxygens (including phenoxy) is 2. The minimum Gasteiger partial charge on any atom is -0.359 e. The number of hydrogen-bond donors (Lipinski definition) is 0. The van der Waals surface area contributed by atoms with Crippen molar-refractivity contribution >= 4 is 17.6 Å². The van der Waals surface area contributed by atoms with Crippen LogP contribution in [0.2, 0.25) is 0 Å². The molecule has 6 atom stereocenters. The monoisotopic (exact) mass is 431 g/mol. The molecule has 0 radical (unpaired) electrons. The summed E-state index contributed by atoms with van der Waals surface area (Å²) in [5.74, 6) is 2.24. The van der Waals surface area contributed by atoms with E-state index in [-0.39, 0.29) is 41.2 Å². The summed E-state index contributed by atoms with van der Waals surface area (Å²) in [7, 11) is 0. The van der Waals surface area contributed by atoms with Crippen LogP contribution in [0.1, 0.15) is 55.7 Å². The standard InChI is InChI=1S/C27H29NO4/c29-24-21-20(19-13-31-26(24)32-19)23(28-6-5-17-3-1-2-4-18(17)22(21)28)25(30)27-10-14-7-15(11-27)9-16(8-14)12-27/h1-6,14-16,19-23,26H,7-13H2/t14?,15?,16?,19?,20-,21-,22+,23+,26?,27?/m1/s1. The molecule has 1 aromatic carbocycles. The third kappa shape index (κ3) is 2.22. The number of carbonyl (C=O) groups excluding carboxylic acids is 2. The van der Waals surface area contributed by atoms with Gasteiger partial charge in [-0.2, -0.15) is 0 Å². The zero-order valence-corrected chi connectivity index (χ0v) is 18.2. The number of ketones is 2. The maximum absolute atomic E-state index is 14.6. The fourth-order valence-electron chi connectivity index (χ4n) is 9.35. The Kier molecular flexibility index (Phi) is 3.53. The van der Waals surface area contributed by atoms with E-state index in [4.69, 9.17) is 9.47 Å². The van der Waals surface area contributed by atoms with Gasteiger partial charge >= 0.3 is 0 Å². The van der Waals surface area contributed by atoms with Gasteiger partial charge in [0.2, 0.25) is 6.29 Å². The molecule has 1 aromatic rings. The number of Topliss-reactive ketones (excluding diaryl/α,β-unsaturated/α-hetero) is 2. The van der Waals surface area contributed by atoms with Crippen molar-refractivity contribution < 1.29 is 19.1 Å². The Balaban J connectivity index is 1.26. The SMILES string of the molecule is O=C1C2OCC(O2)[C@@H]2[C@@H]1[C@@H]1c3ccccc3C=CN1[C@@H]2C(=O)C12CC3CC(CC(C3)C1)C2. The zero-order valence-electron chi connectivity index (χ0n) is 18.2. The molecule has 32 heavy (non-hydrogen) atoms. The maximum atomic E-state index is 14.6. The molecule has 8 aliphatic rings. The van der Waals surface area contributed by atoms with Crippen LogP contribution in [0.4, 0.5) is 0 Å². The minimum atomic E-state index is -0.755. The fraction of sp³-hybridized carbons (Fsp3) is 0.630. The van der Waals surface area contributed by atoms with Crippen LogP contribution in [0.3, 0.4) is 0 Å². The molecular weight excluding hydrogens is 402 g/mol. The van der Waals surface area contributed by atoms with Gasteiger partial charge in [0.15, 0.2) is 11.6 Å². The Labute approximate surface area is 188 Å². The molecule has 5 nitrogen and oxygen atoms in total. The summed E-state index contributed by atoms with van der Waals surface area (Å²) in [6.45, 7) is 0.425. The molecule has 6 bridgehead atoms. The summed E-state index contributed by atoms with van der Waals surface area (Å²) >= 11 is 0. The highest BCUT2D eigenvalue weighted by Crippen LogP contribution is 2.63. The van der Waals surface area contributed by atoms with Gasteiger partial charge in [-0.15, -0.1) is 0 Å². The molecular formula is C27H29NO4. The molecule has 4 aliphatic heterocycles. The molecule has 0 aromatic heterocycles. The van der Waals surface area contributed by atoms with Crippen LogP contribution in [-0.4, -0.2) is 41.5 Å². The van der Waals surface area contributed by atoms with Crippen LogP contribution in [0.25, 0.3) is 6.08 Å². The van der Waals surface area contributed by atoms with Crippen LogP contribution < -0.4 is 0 Å². The van der Waals surface area contributed by atoms with Crippen LogP contribution >= 0.6 is 0 Å². The predicted octanol–water partition coefficient (Wildman–Crippen LogP) is 3.74. The summed E-state index contributed by atoms with van der Waals surface area (Å²) < 4.78 is 11.8. The van der Waals surface area contributed by atoms with Gasteiger partial charge < -0.3 is 14.4 Å². The average molecular weight is 432 g/mol. The molecule has 2 unspecified atom stereocenters. The van der Waals surface area contributed by atoms with E-state index in [0.717, 1.165) is 42.6 Å². The summed E-state index contributed by atoms with van der Waals surface area (Å²) in [5.41, 5.74) is 2.13. The molecule has 0 amide bonds. The summed E-state index contributed by atoms with van der Waals surface area (Å²) in [4.78, 5) is 30.4. The van der Waals surface area contributed by atoms with E-state index in [0.29, 0.717) is 12.4 Å². The Hall–Kier alpha value is -1.98. The molecule has 9 rings (SSSR count). The van der Waals surface area contributed by atoms with Crippen LogP contribution in [0.5, 0.6) is 0 Å². The van der Waals surface area contributed by atoms with E-state index >= 15 is 0 Å². The second-order valence-corrected chi connectivity index (χ2v) is 11.7. The van der Waals surface area contributed by atoms with Gasteiger partial charge in [0.05, 0.1) is 30.7 Å². The number of carbonyl (C=O) groups is 2. The number of rotatable bonds is 2. The van der Waals surface area contributed by atoms with Crippen molar-refractivity contribution in [1.82, 2.24) is 4.90 Å². The second-order valence-electron chi connectivity index (χ2n) is 11.7. The van der Waals surface area contributed by atoms with Crippen molar-refractivity contribution in [2.24, 2.45) is 35.0 Å². The van der Waals surface area contributed by atoms with Crippen LogP contribution in [0.15, 0.2) is 30.5 Å². The lowest BCUT2D eigenvalue weighted by Gasteiger charge is -2.57. The quantitative estimate of drug-likeness (QED) is 0.714. The third-order valence-electron chi connectivity index (χ3n) is 10.0. The van der Waals surface area contributed by atoms with Gasteiger partial charge in [0.25, 0.3) is 0 Å². The normalized spacial score (nSPS) is 49.2. The highest BCUT2D eigenvalue weighted by Gasteiger charge is 2.66. The second kappa shape index (κ2) is 6.12. The fourth-order valence-corrected chi connectivity index (χ4v) is 9.35. The average Bonchev–Trinajstić information content (AvgIpc) is 3.37. The molecule has 4 saturated carbocycles. The lowest BCUT2D eigenvalue weighted by molar-refractivity contribution is -0.166. The van der Waals surface area contributed by atoms with Crippen LogP contribution in [-0.2, 0) is 19.1 Å². The first kappa shape index (κ1) is 18.4. The van der Waals surface area contributed by atoms with Crippen molar-refractivity contribution in [2.45, 2.75) is 63.0 Å². The van der Waals surface area contributed by atoms with Crippen LogP contribution in [0, 0.1) is 35.0 Å². The highest BCUT2D eigenvalue weighted by atomic mass is 16.7. The van der Waals surface area contributed by atoms with Crippen molar-refractivity contribution in [3.8, 4) is 0 Å². The molecule has 0 N–H and O–H groups in total. The number of hydrogen-bond acceptors (Lipinski definition) is 5. The highest BCUT2D eigenvalue weighted by molar-refractivity contribution is 5.95. The number of benzene rings is 1. The van der Waals surface area contributed by atoms with E-state index in [1.807, 2.05) is 12.1 Å². The molecule has 166 valence electrons. The number of nitrogens with zero attached hydrogens (tertiary/aromatic N) is 1. The Morgan fingerprint density at radius 2 is 1.75 bits per heavy atom. The largest absolute Gasteiger partial charge is 0.359 e. The van der Waals surface area contributed by atoms with Gasteiger partial charge in [-0.3, -0.25) is 9.59 Å². The smallest absolute Gasteiger partial charge is 0.218 e. The third-order valence-corrected chi connectivity index (χ3v) is 10.0. The van der Waals surface area contributed by atoms with Gasteiger partial charge in [0, 0.05) is 17.5 Å². The Morgan fingerprint density at radius 3 is 2.50 bits per heavy atom. The van der Waals surface area contributed by atoms with E-state index in [1.165, 1.54) is 24.8 Å². The first-order valence-corrected chi connectivity index (χ1v) is 12.5. The van der Waals surface area contributed by atoms with Gasteiger partial charge in [-0.25, -0.2) is 0 Å². The number of fused-ring (bicyclic) bond motifs is 8. The molecule has 0 spiro atoms. The van der Waals surface area contributed by atoms with E-state index in [2.05, 4.69) is 29.3 Å². The molecule has 3 saturated heterocycles. The lowest BCUT2D eigenvalue weighted by atomic mass is 9.47. The summed E-state index contributed by atoms with van der Waals surface area (Å²) in [5, 5.41) is 0. The van der Waals surface area contributed by atoms with Crippen molar-refractivity contribution in [1.29, 1.82) is 0 Å². The van der Waals surface area contributed by atoms with E-state index in [9.17, 15) is 9.59 Å². The first-order valence-electron chi connectivity index (χ1n) is 12.5. The lowest BCUT2D eigenvalue weighted by Crippen LogP contribution is -2.57. The van der Waals surface area contributed by atoms with E-state index < -0.39 is 6.29 Å². The zero-order chi connectivity index (χ0) is 21.2. The molecule has 7 fully saturated rings. The van der Waals surface area contributed by atoms with E-state index in [1.54, 1.807) is 0 Å². The molecule has 5 heteroatoms. The Morgan fingerprint density at radius 1 is 1.03 bits per heavy atom. The van der Waals surface area contributed by atoms with Gasteiger partial charge in [-0.1, -0.05) is 24.3 Å². The summed E-state index contributed by atoms with van der Waals surface area (Å²) in [6, 6.07) is 7.96. The van der Waals surface area contributed by atoms with Gasteiger partial charge in [0.1, 0.15) is 0 Å². The molecule has 4 heterocycles. The van der Waals surface area contributed by atoms with Crippen molar-refractivity contribution in [2.75, 3.05) is 6.61 Å². The molecule has 4 aliphatic carbocycles. The summed E-state index contributed by atoms with van der Waals surface area (Å²) in [6.07, 6.45) is 10.5. The van der Waals surface area contributed by atoms with Crippen molar-refractivity contribution in [3.63, 3.8) is 0 Å².